The maximum absolute atomic E-state index is 6.32. The first-order valence-corrected chi connectivity index (χ1v) is 11.7. The third-order valence-electron chi connectivity index (χ3n) is 5.23. The molecule has 0 spiro atoms. The summed E-state index contributed by atoms with van der Waals surface area (Å²) in [5.41, 5.74) is 2.04. The lowest BCUT2D eigenvalue weighted by Gasteiger charge is -2.26. The smallest absolute Gasteiger partial charge is 0.170 e. The number of benzene rings is 1. The van der Waals surface area contributed by atoms with Crippen LogP contribution in [-0.2, 0) is 6.54 Å². The SMILES string of the molecule is S=C1N[C@@H](c2ccccn2)[C@H](c2ccc(Sc3ccc(Cl)cc3)o2)N1Cc1ccncc1. The second-order valence-electron chi connectivity index (χ2n) is 7.32. The predicted octanol–water partition coefficient (Wildman–Crippen LogP) is 6.05. The Morgan fingerprint density at radius 2 is 1.81 bits per heavy atom. The number of aromatic nitrogens is 2. The minimum absolute atomic E-state index is 0.120. The van der Waals surface area contributed by atoms with Gasteiger partial charge in [-0.3, -0.25) is 9.97 Å². The van der Waals surface area contributed by atoms with Gasteiger partial charge in [0.1, 0.15) is 11.8 Å². The van der Waals surface area contributed by atoms with Gasteiger partial charge in [0.2, 0.25) is 0 Å². The van der Waals surface area contributed by atoms with Gasteiger partial charge in [0.05, 0.1) is 11.7 Å². The third kappa shape index (κ3) is 4.50. The van der Waals surface area contributed by atoms with E-state index in [0.29, 0.717) is 16.7 Å². The molecule has 0 radical (unpaired) electrons. The molecular weight excluding hydrogens is 460 g/mol. The average Bonchev–Trinajstić information content (AvgIpc) is 3.41. The van der Waals surface area contributed by atoms with Crippen LogP contribution in [0.25, 0.3) is 0 Å². The maximum atomic E-state index is 6.32. The van der Waals surface area contributed by atoms with E-state index in [1.54, 1.807) is 30.4 Å². The van der Waals surface area contributed by atoms with Crippen molar-refractivity contribution in [3.05, 3.63) is 107 Å². The molecule has 32 heavy (non-hydrogen) atoms. The molecular formula is C24H19ClN4OS2. The van der Waals surface area contributed by atoms with Gasteiger partial charge < -0.3 is 14.6 Å². The number of halogens is 1. The van der Waals surface area contributed by atoms with E-state index in [1.165, 1.54) is 0 Å². The molecule has 3 aromatic heterocycles. The molecule has 1 saturated heterocycles. The summed E-state index contributed by atoms with van der Waals surface area (Å²) >= 11 is 13.3. The number of pyridine rings is 2. The molecule has 1 fully saturated rings. The molecule has 8 heteroatoms. The van der Waals surface area contributed by atoms with Crippen molar-refractivity contribution in [2.75, 3.05) is 0 Å². The molecule has 1 aliphatic heterocycles. The molecule has 1 aromatic carbocycles. The second-order valence-corrected chi connectivity index (χ2v) is 9.22. The van der Waals surface area contributed by atoms with E-state index in [4.69, 9.17) is 28.2 Å². The van der Waals surface area contributed by atoms with Gasteiger partial charge >= 0.3 is 0 Å². The minimum Gasteiger partial charge on any atom is -0.452 e. The normalized spacial score (nSPS) is 18.0. The minimum atomic E-state index is -0.134. The predicted molar refractivity (Wildman–Crippen MR) is 130 cm³/mol. The topological polar surface area (TPSA) is 54.2 Å². The molecule has 160 valence electrons. The summed E-state index contributed by atoms with van der Waals surface area (Å²) in [7, 11) is 0. The van der Waals surface area contributed by atoms with Crippen molar-refractivity contribution in [3.8, 4) is 0 Å². The highest BCUT2D eigenvalue weighted by molar-refractivity contribution is 7.99. The quantitative estimate of drug-likeness (QED) is 0.338. The zero-order valence-electron chi connectivity index (χ0n) is 16.9. The van der Waals surface area contributed by atoms with Crippen LogP contribution in [0.15, 0.2) is 99.7 Å². The van der Waals surface area contributed by atoms with Crippen LogP contribution in [0.1, 0.15) is 29.1 Å². The van der Waals surface area contributed by atoms with Crippen LogP contribution < -0.4 is 5.32 Å². The number of nitrogens with zero attached hydrogens (tertiary/aromatic N) is 3. The Balaban J connectivity index is 1.47. The largest absolute Gasteiger partial charge is 0.452 e. The molecule has 0 aliphatic carbocycles. The van der Waals surface area contributed by atoms with Crippen LogP contribution in [0, 0.1) is 0 Å². The summed E-state index contributed by atoms with van der Waals surface area (Å²) in [6.07, 6.45) is 5.38. The second kappa shape index (κ2) is 9.32. The Kier molecular flexibility index (Phi) is 6.12. The average molecular weight is 479 g/mol. The standard InChI is InChI=1S/C24H19ClN4OS2/c25-17-4-6-18(7-5-17)32-21-9-8-20(30-21)23-22(19-3-1-2-12-27-19)28-24(31)29(23)15-16-10-13-26-14-11-16/h1-14,22-23H,15H2,(H,28,31)/t22-,23-/m0/s1. The van der Waals surface area contributed by atoms with Crippen molar-refractivity contribution in [2.24, 2.45) is 0 Å². The molecule has 4 heterocycles. The van der Waals surface area contributed by atoms with E-state index >= 15 is 0 Å². The Hall–Kier alpha value is -2.87. The van der Waals surface area contributed by atoms with Crippen molar-refractivity contribution in [1.29, 1.82) is 0 Å². The lowest BCUT2D eigenvalue weighted by Crippen LogP contribution is -2.29. The zero-order valence-corrected chi connectivity index (χ0v) is 19.3. The number of furan rings is 1. The zero-order chi connectivity index (χ0) is 21.9. The highest BCUT2D eigenvalue weighted by Crippen LogP contribution is 2.41. The van der Waals surface area contributed by atoms with Crippen molar-refractivity contribution < 1.29 is 4.42 Å². The molecule has 1 N–H and O–H groups in total. The van der Waals surface area contributed by atoms with Crippen molar-refractivity contribution in [1.82, 2.24) is 20.2 Å². The Labute approximate surface area is 200 Å². The fourth-order valence-electron chi connectivity index (χ4n) is 3.74. The van der Waals surface area contributed by atoms with Crippen LogP contribution in [-0.4, -0.2) is 20.0 Å². The van der Waals surface area contributed by atoms with Crippen molar-refractivity contribution >= 4 is 40.7 Å². The Morgan fingerprint density at radius 1 is 1.00 bits per heavy atom. The summed E-state index contributed by atoms with van der Waals surface area (Å²) < 4.78 is 6.32. The summed E-state index contributed by atoms with van der Waals surface area (Å²) in [6.45, 7) is 0.642. The number of thiocarbonyl (C=S) groups is 1. The molecule has 0 amide bonds. The van der Waals surface area contributed by atoms with Gasteiger partial charge in [0.25, 0.3) is 0 Å². The first kappa shape index (κ1) is 21.0. The van der Waals surface area contributed by atoms with E-state index in [1.807, 2.05) is 66.7 Å². The fourth-order valence-corrected chi connectivity index (χ4v) is 4.95. The van der Waals surface area contributed by atoms with E-state index in [0.717, 1.165) is 27.0 Å². The summed E-state index contributed by atoms with van der Waals surface area (Å²) in [5, 5.41) is 5.65. The molecule has 1 aliphatic rings. The monoisotopic (exact) mass is 478 g/mol. The lowest BCUT2D eigenvalue weighted by atomic mass is 10.0. The van der Waals surface area contributed by atoms with Crippen LogP contribution in [0.2, 0.25) is 5.02 Å². The summed E-state index contributed by atoms with van der Waals surface area (Å²) in [4.78, 5) is 11.9. The summed E-state index contributed by atoms with van der Waals surface area (Å²) in [6, 6.07) is 21.4. The fraction of sp³-hybridized carbons (Fsp3) is 0.125. The van der Waals surface area contributed by atoms with Crippen LogP contribution >= 0.6 is 35.6 Å². The van der Waals surface area contributed by atoms with Crippen LogP contribution in [0.4, 0.5) is 0 Å². The Bertz CT molecular complexity index is 1200. The first-order chi connectivity index (χ1) is 15.7. The first-order valence-electron chi connectivity index (χ1n) is 10.1. The maximum Gasteiger partial charge on any atom is 0.170 e. The van der Waals surface area contributed by atoms with E-state index in [-0.39, 0.29) is 12.1 Å². The van der Waals surface area contributed by atoms with Crippen LogP contribution in [0.5, 0.6) is 0 Å². The molecule has 5 rings (SSSR count). The molecule has 4 aromatic rings. The number of hydrogen-bond donors (Lipinski definition) is 1. The van der Waals surface area contributed by atoms with Crippen LogP contribution in [0.3, 0.4) is 0 Å². The number of rotatable bonds is 6. The van der Waals surface area contributed by atoms with Gasteiger partial charge in [0, 0.05) is 35.1 Å². The van der Waals surface area contributed by atoms with Crippen molar-refractivity contribution in [2.45, 2.75) is 28.6 Å². The van der Waals surface area contributed by atoms with E-state index in [9.17, 15) is 0 Å². The van der Waals surface area contributed by atoms with Gasteiger partial charge in [-0.15, -0.1) is 0 Å². The van der Waals surface area contributed by atoms with Gasteiger partial charge in [-0.2, -0.15) is 0 Å². The van der Waals surface area contributed by atoms with E-state index in [2.05, 4.69) is 20.2 Å². The number of nitrogens with one attached hydrogen (secondary N) is 1. The number of hydrogen-bond acceptors (Lipinski definition) is 5. The van der Waals surface area contributed by atoms with Crippen molar-refractivity contribution in [3.63, 3.8) is 0 Å². The summed E-state index contributed by atoms with van der Waals surface area (Å²) in [5.74, 6) is 0.832. The molecule has 0 unspecified atom stereocenters. The van der Waals surface area contributed by atoms with Gasteiger partial charge in [-0.1, -0.05) is 29.4 Å². The molecule has 0 saturated carbocycles. The molecule has 2 atom stereocenters. The van der Waals surface area contributed by atoms with Gasteiger partial charge in [-0.05, 0) is 78.4 Å². The Morgan fingerprint density at radius 3 is 2.56 bits per heavy atom. The molecule has 0 bridgehead atoms. The van der Waals surface area contributed by atoms with Gasteiger partial charge in [-0.25, -0.2) is 0 Å². The highest BCUT2D eigenvalue weighted by Gasteiger charge is 2.41. The lowest BCUT2D eigenvalue weighted by molar-refractivity contribution is 0.254. The van der Waals surface area contributed by atoms with E-state index < -0.39 is 0 Å². The molecule has 5 nitrogen and oxygen atoms in total. The van der Waals surface area contributed by atoms with Gasteiger partial charge in [0.15, 0.2) is 10.2 Å². The highest BCUT2D eigenvalue weighted by atomic mass is 35.5. The third-order valence-corrected chi connectivity index (χ3v) is 6.76.